The molecule has 4 nitrogen and oxygen atoms in total. The fraction of sp³-hybridized carbons (Fsp3) is 0.214. The van der Waals surface area contributed by atoms with Crippen LogP contribution in [0.25, 0.3) is 21.8 Å². The third-order valence-corrected chi connectivity index (χ3v) is 7.86. The van der Waals surface area contributed by atoms with Crippen LogP contribution in [0.3, 0.4) is 0 Å². The van der Waals surface area contributed by atoms with E-state index in [2.05, 4.69) is 69.2 Å². The zero-order valence-electron chi connectivity index (χ0n) is 18.6. The van der Waals surface area contributed by atoms with Crippen LogP contribution in [-0.2, 0) is 19.4 Å². The predicted molar refractivity (Wildman–Crippen MR) is 135 cm³/mol. The number of hydrogen-bond acceptors (Lipinski definition) is 3. The number of benzene rings is 2. The Hall–Kier alpha value is -3.44. The number of para-hydroxylation sites is 1. The molecule has 0 aliphatic carbocycles. The maximum atomic E-state index is 14.0. The molecule has 4 heterocycles. The molecule has 5 heteroatoms. The van der Waals surface area contributed by atoms with Crippen molar-refractivity contribution in [2.75, 3.05) is 6.54 Å². The smallest absolute Gasteiger partial charge is 0.256 e. The second kappa shape index (κ2) is 8.16. The van der Waals surface area contributed by atoms with E-state index in [1.165, 1.54) is 16.0 Å². The first-order valence-electron chi connectivity index (χ1n) is 11.5. The van der Waals surface area contributed by atoms with Gasteiger partial charge in [0.05, 0.1) is 17.1 Å². The molecular formula is C28H25N3OS. The minimum Gasteiger partial charge on any atom is -0.347 e. The van der Waals surface area contributed by atoms with Crippen LogP contribution < -0.4 is 0 Å². The van der Waals surface area contributed by atoms with E-state index in [0.29, 0.717) is 0 Å². The number of thiophene rings is 1. The van der Waals surface area contributed by atoms with E-state index >= 15 is 0 Å². The summed E-state index contributed by atoms with van der Waals surface area (Å²) in [5.74, 6) is 0.126. The highest BCUT2D eigenvalue weighted by atomic mass is 32.1. The van der Waals surface area contributed by atoms with Gasteiger partial charge >= 0.3 is 0 Å². The van der Waals surface area contributed by atoms with E-state index in [9.17, 15) is 4.79 Å². The number of pyridine rings is 1. The van der Waals surface area contributed by atoms with Gasteiger partial charge in [0.2, 0.25) is 0 Å². The van der Waals surface area contributed by atoms with Gasteiger partial charge in [-0.05, 0) is 60.5 Å². The summed E-state index contributed by atoms with van der Waals surface area (Å²) in [5.41, 5.74) is 5.51. The molecule has 3 aromatic heterocycles. The van der Waals surface area contributed by atoms with Crippen LogP contribution in [0.5, 0.6) is 0 Å². The van der Waals surface area contributed by atoms with Gasteiger partial charge in [0.1, 0.15) is 0 Å². The Balaban J connectivity index is 1.41. The Morgan fingerprint density at radius 1 is 1.12 bits per heavy atom. The first-order valence-corrected chi connectivity index (χ1v) is 12.4. The van der Waals surface area contributed by atoms with E-state index in [-0.39, 0.29) is 11.9 Å². The van der Waals surface area contributed by atoms with Gasteiger partial charge < -0.3 is 9.47 Å². The molecule has 164 valence electrons. The van der Waals surface area contributed by atoms with Gasteiger partial charge in [0, 0.05) is 46.6 Å². The van der Waals surface area contributed by atoms with Gasteiger partial charge in [-0.3, -0.25) is 9.78 Å². The number of nitrogens with zero attached hydrogens (tertiary/aromatic N) is 3. The molecule has 0 saturated carbocycles. The zero-order chi connectivity index (χ0) is 22.4. The fourth-order valence-electron chi connectivity index (χ4n) is 5.13. The van der Waals surface area contributed by atoms with Crippen LogP contribution in [0.4, 0.5) is 0 Å². The van der Waals surface area contributed by atoms with Crippen LogP contribution in [0.2, 0.25) is 0 Å². The Morgan fingerprint density at radius 2 is 2.03 bits per heavy atom. The molecule has 0 bridgehead atoms. The number of aryl methyl sites for hydroxylation is 1. The largest absolute Gasteiger partial charge is 0.347 e. The molecule has 1 atom stereocenters. The van der Waals surface area contributed by atoms with Gasteiger partial charge in [-0.2, -0.15) is 0 Å². The molecule has 5 aromatic rings. The average molecular weight is 452 g/mol. The monoisotopic (exact) mass is 451 g/mol. The first-order chi connectivity index (χ1) is 16.2. The molecule has 33 heavy (non-hydrogen) atoms. The summed E-state index contributed by atoms with van der Waals surface area (Å²) >= 11 is 1.77. The Kier molecular flexibility index (Phi) is 4.99. The Bertz CT molecular complexity index is 1480. The summed E-state index contributed by atoms with van der Waals surface area (Å²) in [6, 6.07) is 21.0. The summed E-state index contributed by atoms with van der Waals surface area (Å²) in [4.78, 5) is 21.9. The zero-order valence-corrected chi connectivity index (χ0v) is 19.4. The predicted octanol–water partition coefficient (Wildman–Crippen LogP) is 6.25. The SMILES string of the molecule is CCn1cc(C(=O)N2CCc3ccsc3C2Cc2ccc3cccnc3c2)c2ccccc21. The number of aromatic nitrogens is 2. The third-order valence-electron chi connectivity index (χ3n) is 6.80. The van der Waals surface area contributed by atoms with Crippen molar-refractivity contribution in [1.29, 1.82) is 0 Å². The normalized spacial score (nSPS) is 15.8. The number of carbonyl (C=O) groups is 1. The van der Waals surface area contributed by atoms with Crippen molar-refractivity contribution >= 4 is 39.0 Å². The van der Waals surface area contributed by atoms with Crippen LogP contribution >= 0.6 is 11.3 Å². The highest BCUT2D eigenvalue weighted by Gasteiger charge is 2.33. The van der Waals surface area contributed by atoms with Crippen molar-refractivity contribution in [2.24, 2.45) is 0 Å². The minimum atomic E-state index is 0.0335. The molecule has 0 radical (unpaired) electrons. The Labute approximate surface area is 197 Å². The van der Waals surface area contributed by atoms with Gasteiger partial charge in [0.25, 0.3) is 5.91 Å². The van der Waals surface area contributed by atoms with E-state index in [0.717, 1.165) is 53.3 Å². The summed E-state index contributed by atoms with van der Waals surface area (Å²) in [5, 5.41) is 4.34. The summed E-state index contributed by atoms with van der Waals surface area (Å²) in [6.07, 6.45) is 5.57. The molecule has 0 spiro atoms. The lowest BCUT2D eigenvalue weighted by Gasteiger charge is -2.36. The molecule has 0 saturated heterocycles. The third kappa shape index (κ3) is 3.44. The quantitative estimate of drug-likeness (QED) is 0.324. The summed E-state index contributed by atoms with van der Waals surface area (Å²) in [7, 11) is 0. The van der Waals surface area contributed by atoms with Gasteiger partial charge in [-0.15, -0.1) is 11.3 Å². The lowest BCUT2D eigenvalue weighted by Crippen LogP contribution is -2.40. The van der Waals surface area contributed by atoms with Crippen LogP contribution in [0.15, 0.2) is 78.4 Å². The number of rotatable bonds is 4. The number of amides is 1. The maximum Gasteiger partial charge on any atom is 0.256 e. The van der Waals surface area contributed by atoms with Crippen molar-refractivity contribution in [3.05, 3.63) is 100 Å². The molecule has 0 N–H and O–H groups in total. The van der Waals surface area contributed by atoms with E-state index in [1.807, 2.05) is 30.6 Å². The molecular weight excluding hydrogens is 426 g/mol. The van der Waals surface area contributed by atoms with Crippen molar-refractivity contribution in [3.63, 3.8) is 0 Å². The topological polar surface area (TPSA) is 38.1 Å². The van der Waals surface area contributed by atoms with E-state index in [4.69, 9.17) is 0 Å². The number of hydrogen-bond donors (Lipinski definition) is 0. The van der Waals surface area contributed by atoms with E-state index < -0.39 is 0 Å². The second-order valence-electron chi connectivity index (χ2n) is 8.65. The van der Waals surface area contributed by atoms with Gasteiger partial charge in [0.15, 0.2) is 0 Å². The van der Waals surface area contributed by atoms with E-state index in [1.54, 1.807) is 11.3 Å². The lowest BCUT2D eigenvalue weighted by molar-refractivity contribution is 0.0666. The average Bonchev–Trinajstić information content (AvgIpc) is 3.49. The molecule has 2 aromatic carbocycles. The number of fused-ring (bicyclic) bond motifs is 3. The number of carbonyl (C=O) groups excluding carboxylic acids is 1. The molecule has 1 aliphatic heterocycles. The highest BCUT2D eigenvalue weighted by Crippen LogP contribution is 2.38. The lowest BCUT2D eigenvalue weighted by atomic mass is 9.94. The summed E-state index contributed by atoms with van der Waals surface area (Å²) in [6.45, 7) is 3.71. The van der Waals surface area contributed by atoms with Crippen LogP contribution in [-0.4, -0.2) is 26.9 Å². The maximum absolute atomic E-state index is 14.0. The molecule has 1 amide bonds. The standard InChI is InChI=1S/C28H25N3OS/c1-2-30-18-23(22-7-3-4-8-25(22)30)28(32)31-14-11-21-12-15-33-27(21)26(31)17-19-9-10-20-6-5-13-29-24(20)16-19/h3-10,12-13,15-16,18,26H,2,11,14,17H2,1H3. The van der Waals surface area contributed by atoms with Crippen LogP contribution in [0.1, 0.15) is 39.3 Å². The molecule has 1 aliphatic rings. The Morgan fingerprint density at radius 3 is 2.94 bits per heavy atom. The van der Waals surface area contributed by atoms with Crippen molar-refractivity contribution in [2.45, 2.75) is 32.4 Å². The van der Waals surface area contributed by atoms with Crippen molar-refractivity contribution < 1.29 is 4.79 Å². The minimum absolute atomic E-state index is 0.0335. The second-order valence-corrected chi connectivity index (χ2v) is 9.60. The summed E-state index contributed by atoms with van der Waals surface area (Å²) < 4.78 is 2.17. The van der Waals surface area contributed by atoms with Crippen LogP contribution in [0, 0.1) is 0 Å². The molecule has 6 rings (SSSR count). The fourth-order valence-corrected chi connectivity index (χ4v) is 6.19. The van der Waals surface area contributed by atoms with Crippen molar-refractivity contribution in [3.8, 4) is 0 Å². The first kappa shape index (κ1) is 20.2. The highest BCUT2D eigenvalue weighted by molar-refractivity contribution is 7.10. The molecule has 0 fully saturated rings. The van der Waals surface area contributed by atoms with Crippen molar-refractivity contribution in [1.82, 2.24) is 14.5 Å². The van der Waals surface area contributed by atoms with Gasteiger partial charge in [-0.1, -0.05) is 36.4 Å². The molecule has 1 unspecified atom stereocenters. The van der Waals surface area contributed by atoms with Gasteiger partial charge in [-0.25, -0.2) is 0 Å².